The molecule has 1 aliphatic heterocycles. The summed E-state index contributed by atoms with van der Waals surface area (Å²) in [6, 6.07) is 2.73. The Balaban J connectivity index is 2.32. The van der Waals surface area contributed by atoms with Crippen LogP contribution >= 0.6 is 23.2 Å². The van der Waals surface area contributed by atoms with Gasteiger partial charge < -0.3 is 9.84 Å². The second-order valence-corrected chi connectivity index (χ2v) is 7.22. The number of aliphatic hydroxyl groups excluding tert-OH is 1. The fourth-order valence-corrected chi connectivity index (χ4v) is 4.07. The molecule has 0 amide bonds. The third-order valence-electron chi connectivity index (χ3n) is 2.71. The lowest BCUT2D eigenvalue weighted by molar-refractivity contribution is 0.0729. The van der Waals surface area contributed by atoms with Gasteiger partial charge in [-0.2, -0.15) is 0 Å². The van der Waals surface area contributed by atoms with Crippen LogP contribution in [0.2, 0.25) is 10.0 Å². The molecule has 0 aromatic heterocycles. The number of rotatable bonds is 3. The lowest BCUT2D eigenvalue weighted by atomic mass is 10.2. The van der Waals surface area contributed by atoms with Crippen LogP contribution in [0.4, 0.5) is 0 Å². The zero-order chi connectivity index (χ0) is 14.2. The maximum absolute atomic E-state index is 11.4. The minimum Gasteiger partial charge on any atom is -0.484 e. The van der Waals surface area contributed by atoms with Gasteiger partial charge in [-0.25, -0.2) is 8.42 Å². The van der Waals surface area contributed by atoms with Crippen LogP contribution in [-0.4, -0.2) is 43.5 Å². The van der Waals surface area contributed by atoms with Gasteiger partial charge in [0.15, 0.2) is 16.1 Å². The van der Waals surface area contributed by atoms with Crippen molar-refractivity contribution in [3.63, 3.8) is 0 Å². The average molecular weight is 325 g/mol. The largest absolute Gasteiger partial charge is 0.484 e. The van der Waals surface area contributed by atoms with Crippen LogP contribution in [0.1, 0.15) is 10.4 Å². The first-order chi connectivity index (χ1) is 8.82. The van der Waals surface area contributed by atoms with Crippen molar-refractivity contribution in [1.29, 1.82) is 0 Å². The van der Waals surface area contributed by atoms with Gasteiger partial charge in [0.05, 0.1) is 22.1 Å². The Morgan fingerprint density at radius 1 is 1.32 bits per heavy atom. The van der Waals surface area contributed by atoms with Crippen molar-refractivity contribution in [3.05, 3.63) is 27.7 Å². The van der Waals surface area contributed by atoms with Gasteiger partial charge in [-0.1, -0.05) is 23.2 Å². The number of ether oxygens (including phenoxy) is 1. The van der Waals surface area contributed by atoms with E-state index in [9.17, 15) is 18.3 Å². The van der Waals surface area contributed by atoms with Gasteiger partial charge in [0.25, 0.3) is 0 Å². The second kappa shape index (κ2) is 5.28. The summed E-state index contributed by atoms with van der Waals surface area (Å²) in [6.45, 7) is 0. The van der Waals surface area contributed by atoms with E-state index in [4.69, 9.17) is 27.9 Å². The molecule has 0 spiro atoms. The van der Waals surface area contributed by atoms with Crippen LogP contribution in [0.25, 0.3) is 0 Å². The lowest BCUT2D eigenvalue weighted by Gasteiger charge is -2.18. The van der Waals surface area contributed by atoms with Crippen molar-refractivity contribution >= 4 is 39.3 Å². The number of aliphatic hydroxyl groups is 1. The van der Waals surface area contributed by atoms with E-state index in [1.165, 1.54) is 12.1 Å². The summed E-state index contributed by atoms with van der Waals surface area (Å²) in [7, 11) is -3.34. The highest BCUT2D eigenvalue weighted by atomic mass is 35.5. The maximum Gasteiger partial charge on any atom is 0.156 e. The lowest BCUT2D eigenvalue weighted by Crippen LogP contribution is -2.30. The molecule has 1 aromatic rings. The third-order valence-corrected chi connectivity index (χ3v) is 4.89. The molecule has 19 heavy (non-hydrogen) atoms. The summed E-state index contributed by atoms with van der Waals surface area (Å²) in [6.07, 6.45) is -1.58. The van der Waals surface area contributed by atoms with Gasteiger partial charge in [0.2, 0.25) is 0 Å². The molecule has 2 unspecified atom stereocenters. The van der Waals surface area contributed by atoms with E-state index in [-0.39, 0.29) is 32.9 Å². The molecule has 5 nitrogen and oxygen atoms in total. The van der Waals surface area contributed by atoms with E-state index >= 15 is 0 Å². The van der Waals surface area contributed by atoms with Crippen molar-refractivity contribution in [1.82, 2.24) is 0 Å². The Hall–Kier alpha value is -0.820. The van der Waals surface area contributed by atoms with E-state index in [0.717, 1.165) is 0 Å². The predicted octanol–water partition coefficient (Wildman–Crippen LogP) is 1.34. The van der Waals surface area contributed by atoms with E-state index in [1.54, 1.807) is 0 Å². The summed E-state index contributed by atoms with van der Waals surface area (Å²) in [5, 5.41) is 9.99. The number of hydrogen-bond acceptors (Lipinski definition) is 5. The molecule has 1 fully saturated rings. The number of halogens is 2. The Bertz CT molecular complexity index is 614. The van der Waals surface area contributed by atoms with Crippen LogP contribution in [0.5, 0.6) is 5.75 Å². The van der Waals surface area contributed by atoms with Gasteiger partial charge in [-0.05, 0) is 12.1 Å². The van der Waals surface area contributed by atoms with Gasteiger partial charge >= 0.3 is 0 Å². The molecule has 1 aromatic carbocycles. The summed E-state index contributed by atoms with van der Waals surface area (Å²) in [4.78, 5) is 10.9. The first kappa shape index (κ1) is 14.6. The van der Waals surface area contributed by atoms with E-state index in [0.29, 0.717) is 6.29 Å². The monoisotopic (exact) mass is 324 g/mol. The molecule has 1 aliphatic rings. The number of carbonyl (C=O) groups is 1. The molecular formula is C11H10Cl2O5S. The predicted molar refractivity (Wildman–Crippen MR) is 70.9 cm³/mol. The van der Waals surface area contributed by atoms with Gasteiger partial charge in [-0.15, -0.1) is 0 Å². The van der Waals surface area contributed by atoms with E-state index in [1.807, 2.05) is 0 Å². The Labute approximate surface area is 120 Å². The smallest absolute Gasteiger partial charge is 0.156 e. The van der Waals surface area contributed by atoms with Crippen molar-refractivity contribution in [2.24, 2.45) is 0 Å². The molecule has 0 saturated carbocycles. The zero-order valence-corrected chi connectivity index (χ0v) is 11.9. The molecule has 1 N–H and O–H groups in total. The number of aldehydes is 1. The quantitative estimate of drug-likeness (QED) is 0.849. The molecule has 1 saturated heterocycles. The number of benzene rings is 1. The molecule has 2 rings (SSSR count). The number of carbonyl (C=O) groups excluding carboxylic acids is 1. The Morgan fingerprint density at radius 2 is 2.00 bits per heavy atom. The fourth-order valence-electron chi connectivity index (χ4n) is 1.85. The topological polar surface area (TPSA) is 80.7 Å². The summed E-state index contributed by atoms with van der Waals surface area (Å²) >= 11 is 11.7. The molecule has 104 valence electrons. The molecule has 8 heteroatoms. The van der Waals surface area contributed by atoms with E-state index < -0.39 is 22.0 Å². The highest BCUT2D eigenvalue weighted by Gasteiger charge is 2.38. The van der Waals surface area contributed by atoms with Gasteiger partial charge in [0, 0.05) is 5.02 Å². The molecule has 0 aliphatic carbocycles. The molecule has 0 bridgehead atoms. The van der Waals surface area contributed by atoms with Crippen LogP contribution in [0.3, 0.4) is 0 Å². The molecular weight excluding hydrogens is 315 g/mol. The minimum atomic E-state index is -3.34. The van der Waals surface area contributed by atoms with Crippen LogP contribution < -0.4 is 4.74 Å². The van der Waals surface area contributed by atoms with Gasteiger partial charge in [0.1, 0.15) is 18.0 Å². The van der Waals surface area contributed by atoms with Crippen LogP contribution in [0.15, 0.2) is 12.1 Å². The average Bonchev–Trinajstić information content (AvgIpc) is 2.55. The standard InChI is InChI=1S/C11H10Cl2O5S/c12-7-1-6(3-14)11(8(13)2-7)18-10-5-19(16,17)4-9(10)15/h1-3,9-10,15H,4-5H2. The number of hydrogen-bond donors (Lipinski definition) is 1. The van der Waals surface area contributed by atoms with Crippen molar-refractivity contribution in [2.45, 2.75) is 12.2 Å². The summed E-state index contributed by atoms with van der Waals surface area (Å²) < 4.78 is 28.1. The third kappa shape index (κ3) is 3.20. The molecule has 1 heterocycles. The Morgan fingerprint density at radius 3 is 2.53 bits per heavy atom. The SMILES string of the molecule is O=Cc1cc(Cl)cc(Cl)c1OC1CS(=O)(=O)CC1O. The first-order valence-corrected chi connectivity index (χ1v) is 7.89. The molecule has 0 radical (unpaired) electrons. The number of sulfone groups is 1. The van der Waals surface area contributed by atoms with Crippen molar-refractivity contribution in [2.75, 3.05) is 11.5 Å². The first-order valence-electron chi connectivity index (χ1n) is 5.32. The van der Waals surface area contributed by atoms with E-state index in [2.05, 4.69) is 0 Å². The fraction of sp³-hybridized carbons (Fsp3) is 0.364. The Kier molecular flexibility index (Phi) is 4.06. The maximum atomic E-state index is 11.4. The molecule has 2 atom stereocenters. The van der Waals surface area contributed by atoms with Crippen LogP contribution in [-0.2, 0) is 9.84 Å². The van der Waals surface area contributed by atoms with Crippen molar-refractivity contribution in [3.8, 4) is 5.75 Å². The highest BCUT2D eigenvalue weighted by Crippen LogP contribution is 2.33. The highest BCUT2D eigenvalue weighted by molar-refractivity contribution is 7.91. The van der Waals surface area contributed by atoms with Gasteiger partial charge in [-0.3, -0.25) is 4.79 Å². The zero-order valence-electron chi connectivity index (χ0n) is 9.55. The minimum absolute atomic E-state index is 0.0298. The van der Waals surface area contributed by atoms with Crippen molar-refractivity contribution < 1.29 is 23.1 Å². The van der Waals surface area contributed by atoms with Crippen LogP contribution in [0, 0.1) is 0 Å². The normalized spacial score (nSPS) is 25.2. The summed E-state index contributed by atoms with van der Waals surface area (Å²) in [5.74, 6) is -0.646. The second-order valence-electron chi connectivity index (χ2n) is 4.22. The summed E-state index contributed by atoms with van der Waals surface area (Å²) in [5.41, 5.74) is 0.106.